The largest absolute Gasteiger partial charge is 0.326 e. The lowest BCUT2D eigenvalue weighted by atomic mass is 10.2. The molecular formula is C23H18FN3O2S2. The van der Waals surface area contributed by atoms with Crippen LogP contribution in [0.15, 0.2) is 66.0 Å². The zero-order valence-corrected chi connectivity index (χ0v) is 18.1. The van der Waals surface area contributed by atoms with Gasteiger partial charge in [-0.3, -0.25) is 9.59 Å². The quantitative estimate of drug-likeness (QED) is 0.388. The van der Waals surface area contributed by atoms with Gasteiger partial charge in [0, 0.05) is 23.1 Å². The molecule has 2 heterocycles. The molecule has 0 spiro atoms. The molecule has 2 N–H and O–H groups in total. The van der Waals surface area contributed by atoms with E-state index >= 15 is 0 Å². The molecule has 4 rings (SSSR count). The smallest absolute Gasteiger partial charge is 0.229 e. The Morgan fingerprint density at radius 3 is 2.55 bits per heavy atom. The molecule has 4 aromatic rings. The average molecular weight is 452 g/mol. The Hall–Kier alpha value is -3.36. The van der Waals surface area contributed by atoms with Crippen LogP contribution in [0.4, 0.5) is 15.8 Å². The molecule has 5 nitrogen and oxygen atoms in total. The van der Waals surface area contributed by atoms with Gasteiger partial charge in [0.25, 0.3) is 0 Å². The van der Waals surface area contributed by atoms with Crippen molar-refractivity contribution in [1.82, 2.24) is 4.98 Å². The normalized spacial score (nSPS) is 10.6. The lowest BCUT2D eigenvalue weighted by Crippen LogP contribution is -2.15. The van der Waals surface area contributed by atoms with Gasteiger partial charge in [0.15, 0.2) is 0 Å². The predicted octanol–water partition coefficient (Wildman–Crippen LogP) is 5.82. The zero-order chi connectivity index (χ0) is 21.8. The van der Waals surface area contributed by atoms with Gasteiger partial charge in [-0.1, -0.05) is 36.4 Å². The number of carbonyl (C=O) groups is 2. The molecule has 0 radical (unpaired) electrons. The number of aromatic nitrogens is 1. The third-order valence-electron chi connectivity index (χ3n) is 4.35. The lowest BCUT2D eigenvalue weighted by Gasteiger charge is -2.09. The maximum Gasteiger partial charge on any atom is 0.229 e. The van der Waals surface area contributed by atoms with Crippen molar-refractivity contribution in [1.29, 1.82) is 0 Å². The Morgan fingerprint density at radius 1 is 1.03 bits per heavy atom. The molecule has 0 unspecified atom stereocenters. The molecule has 0 fully saturated rings. The van der Waals surface area contributed by atoms with E-state index in [1.54, 1.807) is 11.3 Å². The summed E-state index contributed by atoms with van der Waals surface area (Å²) in [7, 11) is 0. The van der Waals surface area contributed by atoms with Gasteiger partial charge in [-0.05, 0) is 29.6 Å². The van der Waals surface area contributed by atoms with E-state index < -0.39 is 5.82 Å². The number of anilines is 2. The van der Waals surface area contributed by atoms with Crippen molar-refractivity contribution in [2.75, 3.05) is 10.6 Å². The maximum absolute atomic E-state index is 13.9. The molecule has 0 atom stereocenters. The summed E-state index contributed by atoms with van der Waals surface area (Å²) in [5.41, 5.74) is 2.22. The first-order chi connectivity index (χ1) is 15.0. The van der Waals surface area contributed by atoms with Crippen molar-refractivity contribution >= 4 is 45.9 Å². The van der Waals surface area contributed by atoms with Crippen molar-refractivity contribution in [3.63, 3.8) is 0 Å². The topological polar surface area (TPSA) is 71.1 Å². The minimum atomic E-state index is -0.567. The fraction of sp³-hybridized carbons (Fsp3) is 0.0870. The minimum absolute atomic E-state index is 0.0220. The molecule has 0 aliphatic carbocycles. The number of nitrogens with zero attached hydrogens (tertiary/aromatic N) is 1. The number of benzene rings is 2. The fourth-order valence-corrected chi connectivity index (χ4v) is 4.91. The van der Waals surface area contributed by atoms with E-state index in [0.717, 1.165) is 26.0 Å². The highest BCUT2D eigenvalue weighted by atomic mass is 32.1. The van der Waals surface area contributed by atoms with Crippen molar-refractivity contribution in [3.05, 3.63) is 76.7 Å². The number of hydrogen-bond donors (Lipinski definition) is 2. The molecule has 8 heteroatoms. The maximum atomic E-state index is 13.9. The third kappa shape index (κ3) is 5.04. The van der Waals surface area contributed by atoms with E-state index in [4.69, 9.17) is 4.98 Å². The van der Waals surface area contributed by atoms with Gasteiger partial charge in [0.1, 0.15) is 10.8 Å². The number of rotatable bonds is 6. The lowest BCUT2D eigenvalue weighted by molar-refractivity contribution is -0.115. The van der Waals surface area contributed by atoms with E-state index in [1.165, 1.54) is 36.5 Å². The molecule has 0 aliphatic heterocycles. The van der Waals surface area contributed by atoms with Gasteiger partial charge in [-0.2, -0.15) is 0 Å². The summed E-state index contributed by atoms with van der Waals surface area (Å²) in [6, 6.07) is 17.8. The second kappa shape index (κ2) is 9.20. The van der Waals surface area contributed by atoms with Crippen molar-refractivity contribution in [3.8, 4) is 21.1 Å². The third-order valence-corrected chi connectivity index (χ3v) is 6.34. The average Bonchev–Trinajstić information content (AvgIpc) is 3.41. The predicted molar refractivity (Wildman–Crippen MR) is 124 cm³/mol. The molecule has 2 amide bonds. The van der Waals surface area contributed by atoms with Crippen LogP contribution in [0, 0.1) is 5.82 Å². The van der Waals surface area contributed by atoms with Crippen LogP contribution < -0.4 is 10.6 Å². The van der Waals surface area contributed by atoms with Crippen molar-refractivity contribution < 1.29 is 14.0 Å². The van der Waals surface area contributed by atoms with E-state index in [9.17, 15) is 14.0 Å². The Morgan fingerprint density at radius 2 is 1.84 bits per heavy atom. The molecule has 156 valence electrons. The fourth-order valence-electron chi connectivity index (χ4n) is 3.02. The monoisotopic (exact) mass is 451 g/mol. The minimum Gasteiger partial charge on any atom is -0.326 e. The summed E-state index contributed by atoms with van der Waals surface area (Å²) in [4.78, 5) is 30.6. The molecule has 0 saturated heterocycles. The van der Waals surface area contributed by atoms with Crippen LogP contribution in [0.1, 0.15) is 11.8 Å². The summed E-state index contributed by atoms with van der Waals surface area (Å²) >= 11 is 3.05. The first kappa shape index (κ1) is 20.9. The van der Waals surface area contributed by atoms with Gasteiger partial charge in [0.05, 0.1) is 22.7 Å². The number of amides is 2. The molecular weight excluding hydrogens is 433 g/mol. The van der Waals surface area contributed by atoms with Gasteiger partial charge < -0.3 is 10.6 Å². The summed E-state index contributed by atoms with van der Waals surface area (Å²) < 4.78 is 13.9. The molecule has 0 bridgehead atoms. The Bertz CT molecular complexity index is 1220. The van der Waals surface area contributed by atoms with Gasteiger partial charge in [-0.15, -0.1) is 22.7 Å². The van der Waals surface area contributed by atoms with Crippen LogP contribution in [-0.4, -0.2) is 16.8 Å². The van der Waals surface area contributed by atoms with Crippen LogP contribution in [0.2, 0.25) is 0 Å². The SMILES string of the molecule is CC(=O)Nc1cc(NC(=O)Cc2sc(-c3ccccc3)nc2-c2cccs2)ccc1F. The number of thiazole rings is 1. The Balaban J connectivity index is 1.58. The zero-order valence-electron chi connectivity index (χ0n) is 16.5. The van der Waals surface area contributed by atoms with Crippen LogP contribution in [-0.2, 0) is 16.0 Å². The van der Waals surface area contributed by atoms with Gasteiger partial charge >= 0.3 is 0 Å². The summed E-state index contributed by atoms with van der Waals surface area (Å²) in [6.45, 7) is 1.30. The summed E-state index contributed by atoms with van der Waals surface area (Å²) in [5.74, 6) is -1.20. The first-order valence-corrected chi connectivity index (χ1v) is 11.1. The first-order valence-electron chi connectivity index (χ1n) is 9.45. The summed E-state index contributed by atoms with van der Waals surface area (Å²) in [5, 5.41) is 8.02. The van der Waals surface area contributed by atoms with E-state index in [1.807, 2.05) is 47.8 Å². The van der Waals surface area contributed by atoms with Crippen LogP contribution in [0.3, 0.4) is 0 Å². The van der Waals surface area contributed by atoms with E-state index in [0.29, 0.717) is 5.69 Å². The second-order valence-corrected chi connectivity index (χ2v) is 8.77. The van der Waals surface area contributed by atoms with Crippen LogP contribution >= 0.6 is 22.7 Å². The summed E-state index contributed by atoms with van der Waals surface area (Å²) in [6.07, 6.45) is 0.130. The number of carbonyl (C=O) groups excluding carboxylic acids is 2. The molecule has 2 aromatic carbocycles. The van der Waals surface area contributed by atoms with Crippen molar-refractivity contribution in [2.45, 2.75) is 13.3 Å². The highest BCUT2D eigenvalue weighted by Crippen LogP contribution is 2.36. The highest BCUT2D eigenvalue weighted by molar-refractivity contribution is 7.17. The second-order valence-electron chi connectivity index (χ2n) is 6.73. The highest BCUT2D eigenvalue weighted by Gasteiger charge is 2.18. The van der Waals surface area contributed by atoms with Crippen molar-refractivity contribution in [2.24, 2.45) is 0 Å². The number of nitrogens with one attached hydrogen (secondary N) is 2. The molecule has 0 saturated carbocycles. The van der Waals surface area contributed by atoms with Crippen LogP contribution in [0.25, 0.3) is 21.1 Å². The van der Waals surface area contributed by atoms with E-state index in [-0.39, 0.29) is 23.9 Å². The molecule has 2 aromatic heterocycles. The number of halogens is 1. The number of thiophene rings is 1. The standard InChI is InChI=1S/C23H18FN3O2S2/c1-14(28)25-18-12-16(9-10-17(18)24)26-21(29)13-20-22(19-8-5-11-30-19)27-23(31-20)15-6-3-2-4-7-15/h2-12H,13H2,1H3,(H,25,28)(H,26,29). The molecule has 31 heavy (non-hydrogen) atoms. The Labute approximate surface area is 186 Å². The van der Waals surface area contributed by atoms with E-state index in [2.05, 4.69) is 10.6 Å². The molecule has 0 aliphatic rings. The number of hydrogen-bond acceptors (Lipinski definition) is 5. The van der Waals surface area contributed by atoms with Gasteiger partial charge in [0.2, 0.25) is 11.8 Å². The Kier molecular flexibility index (Phi) is 6.20. The van der Waals surface area contributed by atoms with Gasteiger partial charge in [-0.25, -0.2) is 9.37 Å². The van der Waals surface area contributed by atoms with Crippen LogP contribution in [0.5, 0.6) is 0 Å².